The molecular formula is C40H50N2O8. The van der Waals surface area contributed by atoms with Gasteiger partial charge in [-0.25, -0.2) is 0 Å². The van der Waals surface area contributed by atoms with Crippen molar-refractivity contribution in [1.29, 1.82) is 0 Å². The van der Waals surface area contributed by atoms with E-state index in [1.807, 2.05) is 42.5 Å². The Balaban J connectivity index is 1.33. The maximum Gasteiger partial charge on any atom is 0.200 e. The number of fused-ring (bicyclic) bond motifs is 1. The van der Waals surface area contributed by atoms with Crippen molar-refractivity contribution in [3.63, 3.8) is 0 Å². The SMILES string of the molecule is CCCCCCc1c(-c2ccc(OCCCCNCc3ccco3)cc2OCCCCNCc2ccco2)oc2cc(OC)cc(O)c2c1=O. The Kier molecular flexibility index (Phi) is 14.3. The van der Waals surface area contributed by atoms with E-state index in [0.29, 0.717) is 66.9 Å². The number of rotatable bonds is 23. The van der Waals surface area contributed by atoms with Gasteiger partial charge in [-0.05, 0) is 88.0 Å². The first-order chi connectivity index (χ1) is 24.6. The molecule has 0 saturated heterocycles. The topological polar surface area (TPSA) is 128 Å². The number of ether oxygens (including phenoxy) is 3. The third-order valence-electron chi connectivity index (χ3n) is 8.54. The Morgan fingerprint density at radius 3 is 2.10 bits per heavy atom. The molecule has 5 aromatic rings. The molecule has 0 radical (unpaired) electrons. The van der Waals surface area contributed by atoms with Crippen molar-refractivity contribution in [3.8, 4) is 34.3 Å². The van der Waals surface area contributed by atoms with Gasteiger partial charge in [0, 0.05) is 23.8 Å². The van der Waals surface area contributed by atoms with Crippen LogP contribution in [0.1, 0.15) is 75.4 Å². The number of methoxy groups -OCH3 is 1. The largest absolute Gasteiger partial charge is 0.507 e. The first-order valence-corrected chi connectivity index (χ1v) is 17.8. The molecule has 3 N–H and O–H groups in total. The van der Waals surface area contributed by atoms with E-state index in [0.717, 1.165) is 76.0 Å². The van der Waals surface area contributed by atoms with Crippen LogP contribution in [-0.2, 0) is 19.5 Å². The summed E-state index contributed by atoms with van der Waals surface area (Å²) < 4.78 is 35.2. The first kappa shape index (κ1) is 36.6. The zero-order chi connectivity index (χ0) is 35.0. The van der Waals surface area contributed by atoms with Crippen molar-refractivity contribution >= 4 is 11.0 Å². The van der Waals surface area contributed by atoms with E-state index < -0.39 is 0 Å². The van der Waals surface area contributed by atoms with E-state index in [1.54, 1.807) is 18.6 Å². The van der Waals surface area contributed by atoms with Crippen molar-refractivity contribution in [3.05, 3.63) is 94.4 Å². The minimum Gasteiger partial charge on any atom is -0.507 e. The van der Waals surface area contributed by atoms with E-state index in [9.17, 15) is 9.90 Å². The lowest BCUT2D eigenvalue weighted by molar-refractivity contribution is 0.291. The van der Waals surface area contributed by atoms with Gasteiger partial charge in [0.2, 0.25) is 0 Å². The second-order valence-corrected chi connectivity index (χ2v) is 12.4. The highest BCUT2D eigenvalue weighted by molar-refractivity contribution is 5.88. The highest BCUT2D eigenvalue weighted by Crippen LogP contribution is 2.39. The molecule has 10 heteroatoms. The first-order valence-electron chi connectivity index (χ1n) is 17.8. The molecule has 10 nitrogen and oxygen atoms in total. The maximum absolute atomic E-state index is 14.0. The summed E-state index contributed by atoms with van der Waals surface area (Å²) in [5.74, 6) is 3.76. The van der Waals surface area contributed by atoms with Crippen LogP contribution < -0.4 is 30.3 Å². The number of hydrogen-bond donors (Lipinski definition) is 3. The van der Waals surface area contributed by atoms with Gasteiger partial charge in [-0.1, -0.05) is 26.2 Å². The summed E-state index contributed by atoms with van der Waals surface area (Å²) in [7, 11) is 1.51. The molecule has 3 heterocycles. The Morgan fingerprint density at radius 1 is 0.760 bits per heavy atom. The monoisotopic (exact) mass is 686 g/mol. The number of nitrogens with one attached hydrogen (secondary N) is 2. The van der Waals surface area contributed by atoms with Crippen LogP contribution in [0.25, 0.3) is 22.3 Å². The summed E-state index contributed by atoms with van der Waals surface area (Å²) >= 11 is 0. The molecule has 0 fully saturated rings. The Hall–Kier alpha value is -4.67. The molecule has 50 heavy (non-hydrogen) atoms. The van der Waals surface area contributed by atoms with Crippen molar-refractivity contribution in [2.45, 2.75) is 77.8 Å². The number of unbranched alkanes of at least 4 members (excludes halogenated alkanes) is 5. The number of phenolic OH excluding ortho intramolecular Hbond substituents is 1. The van der Waals surface area contributed by atoms with Crippen LogP contribution in [0.2, 0.25) is 0 Å². The van der Waals surface area contributed by atoms with Crippen LogP contribution in [0.4, 0.5) is 0 Å². The summed E-state index contributed by atoms with van der Waals surface area (Å²) in [5.41, 5.74) is 1.21. The molecule has 0 aliphatic heterocycles. The molecular weight excluding hydrogens is 636 g/mol. The second-order valence-electron chi connectivity index (χ2n) is 12.4. The standard InChI is InChI=1S/C40H50N2O8/c1-3-4-5-6-15-34-39(44)38-35(43)24-32(45-2)26-37(38)50-40(34)33-17-16-29(46-20-9-7-18-41-27-30-13-11-22-47-30)25-36(33)49-21-10-8-19-42-28-31-14-12-23-48-31/h11-14,16-17,22-26,41-43H,3-10,15,18-21,27-28H2,1-2H3. The third kappa shape index (κ3) is 10.4. The summed E-state index contributed by atoms with van der Waals surface area (Å²) in [5, 5.41) is 17.7. The van der Waals surface area contributed by atoms with Crippen molar-refractivity contribution in [2.75, 3.05) is 33.4 Å². The van der Waals surface area contributed by atoms with Crippen LogP contribution in [-0.4, -0.2) is 38.5 Å². The van der Waals surface area contributed by atoms with Gasteiger partial charge in [-0.15, -0.1) is 0 Å². The number of hydrogen-bond acceptors (Lipinski definition) is 10. The molecule has 0 bridgehead atoms. The van der Waals surface area contributed by atoms with Gasteiger partial charge in [0.25, 0.3) is 0 Å². The van der Waals surface area contributed by atoms with E-state index in [-0.39, 0.29) is 22.1 Å². The lowest BCUT2D eigenvalue weighted by Crippen LogP contribution is -2.15. The molecule has 5 rings (SSSR count). The zero-order valence-corrected chi connectivity index (χ0v) is 29.3. The van der Waals surface area contributed by atoms with E-state index >= 15 is 0 Å². The Bertz CT molecular complexity index is 1780. The van der Waals surface area contributed by atoms with Gasteiger partial charge in [0.05, 0.1) is 51.5 Å². The fourth-order valence-corrected chi connectivity index (χ4v) is 5.83. The Morgan fingerprint density at radius 2 is 1.46 bits per heavy atom. The summed E-state index contributed by atoms with van der Waals surface area (Å²) in [4.78, 5) is 14.0. The number of furan rings is 2. The van der Waals surface area contributed by atoms with Crippen molar-refractivity contribution < 1.29 is 32.6 Å². The third-order valence-corrected chi connectivity index (χ3v) is 8.54. The smallest absolute Gasteiger partial charge is 0.200 e. The summed E-state index contributed by atoms with van der Waals surface area (Å²) in [6, 6.07) is 16.4. The normalized spacial score (nSPS) is 11.3. The molecule has 0 atom stereocenters. The van der Waals surface area contributed by atoms with Crippen LogP contribution in [0, 0.1) is 0 Å². The molecule has 268 valence electrons. The highest BCUT2D eigenvalue weighted by Gasteiger charge is 2.22. The predicted octanol–water partition coefficient (Wildman–Crippen LogP) is 8.38. The summed E-state index contributed by atoms with van der Waals surface area (Å²) in [6.07, 6.45) is 11.4. The summed E-state index contributed by atoms with van der Waals surface area (Å²) in [6.45, 7) is 6.24. The van der Waals surface area contributed by atoms with Gasteiger partial charge < -0.3 is 43.2 Å². The second kappa shape index (κ2) is 19.5. The molecule has 0 amide bonds. The number of aromatic hydroxyl groups is 1. The average molecular weight is 687 g/mol. The fraction of sp³-hybridized carbons (Fsp3) is 0.425. The van der Waals surface area contributed by atoms with Crippen LogP contribution in [0.5, 0.6) is 23.0 Å². The van der Waals surface area contributed by atoms with Gasteiger partial charge in [-0.3, -0.25) is 4.79 Å². The lowest BCUT2D eigenvalue weighted by atomic mass is 9.98. The van der Waals surface area contributed by atoms with Crippen molar-refractivity contribution in [1.82, 2.24) is 10.6 Å². The lowest BCUT2D eigenvalue weighted by Gasteiger charge is -2.17. The van der Waals surface area contributed by atoms with Gasteiger partial charge in [0.1, 0.15) is 51.2 Å². The number of benzene rings is 2. The quantitative estimate of drug-likeness (QED) is 0.0577. The molecule has 0 aliphatic rings. The van der Waals surface area contributed by atoms with Crippen molar-refractivity contribution in [2.24, 2.45) is 0 Å². The highest BCUT2D eigenvalue weighted by atomic mass is 16.5. The number of phenols is 1. The van der Waals surface area contributed by atoms with E-state index in [1.165, 1.54) is 13.2 Å². The molecule has 0 saturated carbocycles. The Labute approximate surface area is 293 Å². The molecule has 2 aromatic carbocycles. The van der Waals surface area contributed by atoms with Gasteiger partial charge in [0.15, 0.2) is 5.43 Å². The minimum absolute atomic E-state index is 0.156. The van der Waals surface area contributed by atoms with Gasteiger partial charge in [-0.2, -0.15) is 0 Å². The zero-order valence-electron chi connectivity index (χ0n) is 29.3. The van der Waals surface area contributed by atoms with Gasteiger partial charge >= 0.3 is 0 Å². The van der Waals surface area contributed by atoms with Crippen LogP contribution in [0.3, 0.4) is 0 Å². The van der Waals surface area contributed by atoms with Crippen LogP contribution in [0.15, 0.2) is 85.2 Å². The van der Waals surface area contributed by atoms with E-state index in [2.05, 4.69) is 17.6 Å². The molecule has 0 spiro atoms. The predicted molar refractivity (Wildman–Crippen MR) is 194 cm³/mol. The minimum atomic E-state index is -0.243. The molecule has 3 aromatic heterocycles. The maximum atomic E-state index is 14.0. The average Bonchev–Trinajstić information content (AvgIpc) is 3.85. The molecule has 0 unspecified atom stereocenters. The molecule has 0 aliphatic carbocycles. The fourth-order valence-electron chi connectivity index (χ4n) is 5.83. The van der Waals surface area contributed by atoms with Crippen LogP contribution >= 0.6 is 0 Å². The van der Waals surface area contributed by atoms with E-state index in [4.69, 9.17) is 27.5 Å².